The molecule has 1 heterocycles. The van der Waals surface area contributed by atoms with Gasteiger partial charge in [-0.05, 0) is 35.9 Å². The number of likely N-dealkylation sites (N-methyl/N-ethyl adjacent to an activating group) is 1. The van der Waals surface area contributed by atoms with E-state index in [9.17, 15) is 14.0 Å². The predicted molar refractivity (Wildman–Crippen MR) is 106 cm³/mol. The summed E-state index contributed by atoms with van der Waals surface area (Å²) in [6.45, 7) is 3.03. The Morgan fingerprint density at radius 3 is 2.46 bits per heavy atom. The first-order valence-corrected chi connectivity index (χ1v) is 9.23. The maximum absolute atomic E-state index is 13.7. The highest BCUT2D eigenvalue weighted by Gasteiger charge is 2.16. The van der Waals surface area contributed by atoms with E-state index in [-0.39, 0.29) is 24.8 Å². The number of nitrogens with one attached hydrogen (secondary N) is 1. The molecule has 0 bridgehead atoms. The van der Waals surface area contributed by atoms with Crippen LogP contribution >= 0.6 is 0 Å². The van der Waals surface area contributed by atoms with Gasteiger partial charge in [0.2, 0.25) is 11.8 Å². The summed E-state index contributed by atoms with van der Waals surface area (Å²) in [6.07, 6.45) is -0.0787. The third kappa shape index (κ3) is 5.29. The number of halogens is 1. The van der Waals surface area contributed by atoms with E-state index in [0.717, 1.165) is 18.8 Å². The van der Waals surface area contributed by atoms with Gasteiger partial charge >= 0.3 is 0 Å². The topological polar surface area (TPSA) is 61.9 Å². The lowest BCUT2D eigenvalue weighted by molar-refractivity contribution is -0.132. The Morgan fingerprint density at radius 2 is 1.79 bits per heavy atom. The summed E-state index contributed by atoms with van der Waals surface area (Å²) in [5, 5.41) is 2.78. The minimum Gasteiger partial charge on any atom is -0.378 e. The fraction of sp³-hybridized carbons (Fsp3) is 0.333. The first-order valence-electron chi connectivity index (χ1n) is 9.23. The van der Waals surface area contributed by atoms with Gasteiger partial charge in [0.05, 0.1) is 26.2 Å². The number of benzene rings is 2. The first-order chi connectivity index (χ1) is 13.5. The zero-order chi connectivity index (χ0) is 19.9. The molecule has 1 fully saturated rings. The van der Waals surface area contributed by atoms with Crippen LogP contribution < -0.4 is 10.2 Å². The van der Waals surface area contributed by atoms with Gasteiger partial charge in [-0.15, -0.1) is 0 Å². The van der Waals surface area contributed by atoms with Crippen molar-refractivity contribution in [1.29, 1.82) is 0 Å². The van der Waals surface area contributed by atoms with Gasteiger partial charge in [-0.25, -0.2) is 4.39 Å². The van der Waals surface area contributed by atoms with Crippen LogP contribution in [0.4, 0.5) is 15.8 Å². The standard InChI is InChI=1S/C21H24FN3O3/c1-24(21(27)14-16-4-2-3-5-19(16)22)15-20(26)23-17-6-8-18(9-7-17)25-10-12-28-13-11-25/h2-9H,10-15H2,1H3,(H,23,26). The molecule has 0 radical (unpaired) electrons. The van der Waals surface area contributed by atoms with E-state index in [4.69, 9.17) is 4.74 Å². The molecule has 2 aromatic carbocycles. The highest BCUT2D eigenvalue weighted by Crippen LogP contribution is 2.19. The molecule has 1 aliphatic rings. The van der Waals surface area contributed by atoms with Crippen LogP contribution in [-0.2, 0) is 20.7 Å². The molecule has 0 spiro atoms. The van der Waals surface area contributed by atoms with Crippen LogP contribution in [0.5, 0.6) is 0 Å². The molecule has 0 atom stereocenters. The van der Waals surface area contributed by atoms with E-state index >= 15 is 0 Å². The zero-order valence-corrected chi connectivity index (χ0v) is 15.9. The van der Waals surface area contributed by atoms with Gasteiger partial charge in [0.15, 0.2) is 0 Å². The number of anilines is 2. The van der Waals surface area contributed by atoms with Gasteiger partial charge in [0.1, 0.15) is 5.82 Å². The average Bonchev–Trinajstić information content (AvgIpc) is 2.71. The van der Waals surface area contributed by atoms with Gasteiger partial charge in [-0.1, -0.05) is 18.2 Å². The second-order valence-corrected chi connectivity index (χ2v) is 6.71. The molecule has 0 aromatic heterocycles. The van der Waals surface area contributed by atoms with E-state index in [2.05, 4.69) is 10.2 Å². The lowest BCUT2D eigenvalue weighted by Crippen LogP contribution is -2.36. The number of rotatable bonds is 6. The summed E-state index contributed by atoms with van der Waals surface area (Å²) in [4.78, 5) is 28.0. The Labute approximate surface area is 163 Å². The van der Waals surface area contributed by atoms with Crippen LogP contribution in [0.25, 0.3) is 0 Å². The Balaban J connectivity index is 1.50. The SMILES string of the molecule is CN(CC(=O)Nc1ccc(N2CCOCC2)cc1)C(=O)Cc1ccccc1F. The largest absolute Gasteiger partial charge is 0.378 e. The fourth-order valence-electron chi connectivity index (χ4n) is 3.02. The smallest absolute Gasteiger partial charge is 0.243 e. The third-order valence-corrected chi connectivity index (χ3v) is 4.63. The van der Waals surface area contributed by atoms with Crippen LogP contribution in [0.1, 0.15) is 5.56 Å². The quantitative estimate of drug-likeness (QED) is 0.829. The Hall–Kier alpha value is -2.93. The predicted octanol–water partition coefficient (Wildman–Crippen LogP) is 2.30. The molecular formula is C21H24FN3O3. The summed E-state index contributed by atoms with van der Waals surface area (Å²) in [5.74, 6) is -1.04. The maximum atomic E-state index is 13.7. The number of hydrogen-bond donors (Lipinski definition) is 1. The van der Waals surface area contributed by atoms with Crippen molar-refractivity contribution >= 4 is 23.2 Å². The third-order valence-electron chi connectivity index (χ3n) is 4.63. The van der Waals surface area contributed by atoms with Crippen molar-refractivity contribution in [3.8, 4) is 0 Å². The van der Waals surface area contributed by atoms with E-state index in [1.807, 2.05) is 24.3 Å². The second kappa shape index (κ2) is 9.32. The van der Waals surface area contributed by atoms with Crippen molar-refractivity contribution in [2.45, 2.75) is 6.42 Å². The van der Waals surface area contributed by atoms with E-state index < -0.39 is 5.82 Å². The van der Waals surface area contributed by atoms with Crippen LogP contribution in [0, 0.1) is 5.82 Å². The minimum absolute atomic E-state index is 0.0787. The number of hydrogen-bond acceptors (Lipinski definition) is 4. The summed E-state index contributed by atoms with van der Waals surface area (Å²) in [5.41, 5.74) is 2.06. The lowest BCUT2D eigenvalue weighted by atomic mass is 10.1. The molecule has 0 unspecified atom stereocenters. The molecule has 3 rings (SSSR count). The normalized spacial score (nSPS) is 13.9. The molecule has 6 nitrogen and oxygen atoms in total. The Kier molecular flexibility index (Phi) is 6.60. The van der Waals surface area contributed by atoms with Gasteiger partial charge < -0.3 is 19.9 Å². The lowest BCUT2D eigenvalue weighted by Gasteiger charge is -2.28. The van der Waals surface area contributed by atoms with Crippen LogP contribution in [0.3, 0.4) is 0 Å². The van der Waals surface area contributed by atoms with E-state index in [1.54, 1.807) is 18.2 Å². The summed E-state index contributed by atoms with van der Waals surface area (Å²) in [6, 6.07) is 13.7. The van der Waals surface area contributed by atoms with Crippen molar-refractivity contribution in [2.75, 3.05) is 50.1 Å². The highest BCUT2D eigenvalue weighted by molar-refractivity contribution is 5.94. The van der Waals surface area contributed by atoms with Crippen LogP contribution in [0.2, 0.25) is 0 Å². The first kappa shape index (κ1) is 19.8. The molecule has 2 amide bonds. The maximum Gasteiger partial charge on any atom is 0.243 e. The summed E-state index contributed by atoms with van der Waals surface area (Å²) >= 11 is 0. The van der Waals surface area contributed by atoms with Crippen LogP contribution in [-0.4, -0.2) is 56.6 Å². The number of ether oxygens (including phenoxy) is 1. The number of carbonyl (C=O) groups is 2. The number of amides is 2. The van der Waals surface area contributed by atoms with Crippen molar-refractivity contribution in [1.82, 2.24) is 4.90 Å². The molecule has 7 heteroatoms. The van der Waals surface area contributed by atoms with Gasteiger partial charge in [-0.2, -0.15) is 0 Å². The summed E-state index contributed by atoms with van der Waals surface area (Å²) < 4.78 is 19.0. The van der Waals surface area contributed by atoms with Gasteiger partial charge in [0.25, 0.3) is 0 Å². The molecule has 0 saturated carbocycles. The zero-order valence-electron chi connectivity index (χ0n) is 15.9. The van der Waals surface area contributed by atoms with Crippen molar-refractivity contribution in [2.24, 2.45) is 0 Å². The summed E-state index contributed by atoms with van der Waals surface area (Å²) in [7, 11) is 1.53. The second-order valence-electron chi connectivity index (χ2n) is 6.71. The molecule has 28 heavy (non-hydrogen) atoms. The Bertz CT molecular complexity index is 820. The van der Waals surface area contributed by atoms with E-state index in [0.29, 0.717) is 24.5 Å². The van der Waals surface area contributed by atoms with Crippen molar-refractivity contribution < 1.29 is 18.7 Å². The minimum atomic E-state index is -0.422. The number of carbonyl (C=O) groups excluding carboxylic acids is 2. The molecule has 148 valence electrons. The van der Waals surface area contributed by atoms with Crippen LogP contribution in [0.15, 0.2) is 48.5 Å². The molecule has 1 aliphatic heterocycles. The van der Waals surface area contributed by atoms with Crippen molar-refractivity contribution in [3.63, 3.8) is 0 Å². The highest BCUT2D eigenvalue weighted by atomic mass is 19.1. The van der Waals surface area contributed by atoms with Gasteiger partial charge in [-0.3, -0.25) is 9.59 Å². The molecule has 1 N–H and O–H groups in total. The van der Waals surface area contributed by atoms with Crippen molar-refractivity contribution in [3.05, 3.63) is 59.9 Å². The monoisotopic (exact) mass is 385 g/mol. The average molecular weight is 385 g/mol. The molecule has 2 aromatic rings. The molecule has 0 aliphatic carbocycles. The fourth-order valence-corrected chi connectivity index (χ4v) is 3.02. The molecule has 1 saturated heterocycles. The van der Waals surface area contributed by atoms with Gasteiger partial charge in [0, 0.05) is 31.5 Å². The number of morpholine rings is 1. The Morgan fingerprint density at radius 1 is 1.11 bits per heavy atom. The molecular weight excluding hydrogens is 361 g/mol. The number of nitrogens with zero attached hydrogens (tertiary/aromatic N) is 2. The van der Waals surface area contributed by atoms with E-state index in [1.165, 1.54) is 18.0 Å².